The predicted molar refractivity (Wildman–Crippen MR) is 183 cm³/mol. The van der Waals surface area contributed by atoms with Crippen molar-refractivity contribution in [3.8, 4) is 0 Å². The lowest BCUT2D eigenvalue weighted by Crippen LogP contribution is -2.12. The lowest BCUT2D eigenvalue weighted by molar-refractivity contribution is 0.389. The molecule has 0 amide bonds. The van der Waals surface area contributed by atoms with Crippen LogP contribution in [0.1, 0.15) is 175 Å². The SMILES string of the molecule is CCCCCCCCCCCCN(C)C.CCCCCCCCCCN(C)C.CCCCCCCCN(C)C. The van der Waals surface area contributed by atoms with E-state index < -0.39 is 0 Å². The van der Waals surface area contributed by atoms with Gasteiger partial charge in [-0.2, -0.15) is 0 Å². The van der Waals surface area contributed by atoms with E-state index in [0.717, 1.165) is 0 Å². The number of unbranched alkanes of at least 4 members (excludes halogenated alkanes) is 21. The molecule has 0 N–H and O–H groups in total. The summed E-state index contributed by atoms with van der Waals surface area (Å²) in [6, 6.07) is 0. The third-order valence-electron chi connectivity index (χ3n) is 7.38. The molecule has 3 heteroatoms. The van der Waals surface area contributed by atoms with Gasteiger partial charge in [0.05, 0.1) is 0 Å². The van der Waals surface area contributed by atoms with E-state index >= 15 is 0 Å². The Bertz CT molecular complexity index is 381. The van der Waals surface area contributed by atoms with Crippen molar-refractivity contribution in [2.75, 3.05) is 61.9 Å². The van der Waals surface area contributed by atoms with Gasteiger partial charge in [0.15, 0.2) is 0 Å². The molecule has 0 bridgehead atoms. The van der Waals surface area contributed by atoms with Crippen LogP contribution in [0.5, 0.6) is 0 Å². The molecule has 0 aromatic carbocycles. The lowest BCUT2D eigenvalue weighted by atomic mass is 10.1. The summed E-state index contributed by atoms with van der Waals surface area (Å²) in [7, 11) is 12.9. The summed E-state index contributed by atoms with van der Waals surface area (Å²) in [5.41, 5.74) is 0. The molecule has 0 saturated heterocycles. The van der Waals surface area contributed by atoms with Crippen LogP contribution in [0.4, 0.5) is 0 Å². The highest BCUT2D eigenvalue weighted by Crippen LogP contribution is 2.11. The smallest absolute Gasteiger partial charge is 0.00248 e. The number of rotatable bonds is 27. The van der Waals surface area contributed by atoms with Gasteiger partial charge in [0, 0.05) is 0 Å². The van der Waals surface area contributed by atoms with Crippen molar-refractivity contribution in [3.63, 3.8) is 0 Å². The summed E-state index contributed by atoms with van der Waals surface area (Å²) in [4.78, 5) is 6.82. The van der Waals surface area contributed by atoms with Crippen molar-refractivity contribution in [1.29, 1.82) is 0 Å². The topological polar surface area (TPSA) is 9.72 Å². The second kappa shape index (κ2) is 40.0. The van der Waals surface area contributed by atoms with Gasteiger partial charge in [-0.05, 0) is 81.2 Å². The second-order valence-corrected chi connectivity index (χ2v) is 12.8. The van der Waals surface area contributed by atoms with Gasteiger partial charge in [0.1, 0.15) is 0 Å². The Labute approximate surface area is 251 Å². The molecule has 0 fully saturated rings. The maximum atomic E-state index is 2.28. The summed E-state index contributed by atoms with van der Waals surface area (Å²) in [5.74, 6) is 0. The molecule has 0 heterocycles. The van der Waals surface area contributed by atoms with Crippen molar-refractivity contribution in [3.05, 3.63) is 0 Å². The van der Waals surface area contributed by atoms with Crippen LogP contribution in [0.2, 0.25) is 0 Å². The Balaban J connectivity index is -0.000000505. The molecule has 3 nitrogen and oxygen atoms in total. The fourth-order valence-corrected chi connectivity index (χ4v) is 4.69. The van der Waals surface area contributed by atoms with Crippen molar-refractivity contribution in [2.24, 2.45) is 0 Å². The molecule has 0 radical (unpaired) electrons. The summed E-state index contributed by atoms with van der Waals surface area (Å²) in [5, 5.41) is 0. The van der Waals surface area contributed by atoms with Gasteiger partial charge in [0.2, 0.25) is 0 Å². The molecular formula is C36H81N3. The first-order valence-corrected chi connectivity index (χ1v) is 17.8. The van der Waals surface area contributed by atoms with Crippen LogP contribution >= 0.6 is 0 Å². The molecule has 0 aromatic rings. The van der Waals surface area contributed by atoms with Crippen molar-refractivity contribution in [1.82, 2.24) is 14.7 Å². The van der Waals surface area contributed by atoms with E-state index in [0.29, 0.717) is 0 Å². The number of nitrogens with zero attached hydrogens (tertiary/aromatic N) is 3. The van der Waals surface area contributed by atoms with Crippen LogP contribution in [0, 0.1) is 0 Å². The fraction of sp³-hybridized carbons (Fsp3) is 1.00. The molecule has 0 aliphatic rings. The summed E-state index contributed by atoms with van der Waals surface area (Å²) in [6.45, 7) is 10.6. The molecule has 0 unspecified atom stereocenters. The summed E-state index contributed by atoms with van der Waals surface area (Å²) < 4.78 is 0. The molecule has 0 aliphatic carbocycles. The van der Waals surface area contributed by atoms with Gasteiger partial charge in [-0.15, -0.1) is 0 Å². The van der Waals surface area contributed by atoms with Gasteiger partial charge in [-0.1, -0.05) is 156 Å². The second-order valence-electron chi connectivity index (χ2n) is 12.8. The third kappa shape index (κ3) is 54.6. The van der Waals surface area contributed by atoms with E-state index in [-0.39, 0.29) is 0 Å². The standard InChI is InChI=1S/C14H31N.C12H27N.C10H23N/c1-4-5-6-7-8-9-10-11-12-13-14-15(2)3;1-4-5-6-7-8-9-10-11-12-13(2)3;1-4-5-6-7-8-9-10-11(2)3/h4-14H2,1-3H3;4-12H2,1-3H3;4-10H2,1-3H3. The Morgan fingerprint density at radius 2 is 0.385 bits per heavy atom. The van der Waals surface area contributed by atoms with Gasteiger partial charge in [-0.3, -0.25) is 0 Å². The first-order chi connectivity index (χ1) is 18.8. The van der Waals surface area contributed by atoms with Gasteiger partial charge >= 0.3 is 0 Å². The molecule has 0 saturated carbocycles. The van der Waals surface area contributed by atoms with Crippen LogP contribution in [-0.2, 0) is 0 Å². The quantitative estimate of drug-likeness (QED) is 0.0933. The molecule has 0 spiro atoms. The number of hydrogen-bond acceptors (Lipinski definition) is 3. The first kappa shape index (κ1) is 43.3. The van der Waals surface area contributed by atoms with E-state index in [1.807, 2.05) is 0 Å². The Morgan fingerprint density at radius 1 is 0.231 bits per heavy atom. The molecule has 0 atom stereocenters. The summed E-state index contributed by atoms with van der Waals surface area (Å²) >= 11 is 0. The van der Waals surface area contributed by atoms with Crippen LogP contribution in [0.3, 0.4) is 0 Å². The van der Waals surface area contributed by atoms with Crippen LogP contribution in [-0.4, -0.2) is 76.6 Å². The fourth-order valence-electron chi connectivity index (χ4n) is 4.69. The Morgan fingerprint density at radius 3 is 0.538 bits per heavy atom. The minimum atomic E-state index is 1.26. The first-order valence-electron chi connectivity index (χ1n) is 17.8. The van der Waals surface area contributed by atoms with Gasteiger partial charge in [0.25, 0.3) is 0 Å². The van der Waals surface area contributed by atoms with Crippen molar-refractivity contribution >= 4 is 0 Å². The monoisotopic (exact) mass is 556 g/mol. The molecule has 0 aliphatic heterocycles. The zero-order valence-electron chi connectivity index (χ0n) is 29.4. The Hall–Kier alpha value is -0.120. The zero-order chi connectivity index (χ0) is 29.8. The normalized spacial score (nSPS) is 11.1. The summed E-state index contributed by atoms with van der Waals surface area (Å²) in [6.07, 6.45) is 34.2. The zero-order valence-corrected chi connectivity index (χ0v) is 29.4. The molecular weight excluding hydrogens is 474 g/mol. The number of hydrogen-bond donors (Lipinski definition) is 0. The largest absolute Gasteiger partial charge is 0.309 e. The van der Waals surface area contributed by atoms with Crippen LogP contribution < -0.4 is 0 Å². The molecule has 0 rings (SSSR count). The molecule has 240 valence electrons. The Kier molecular flexibility index (Phi) is 44.5. The highest BCUT2D eigenvalue weighted by Gasteiger charge is 1.94. The van der Waals surface area contributed by atoms with Gasteiger partial charge in [-0.25, -0.2) is 0 Å². The van der Waals surface area contributed by atoms with E-state index in [2.05, 4.69) is 77.8 Å². The van der Waals surface area contributed by atoms with Crippen LogP contribution in [0.25, 0.3) is 0 Å². The third-order valence-corrected chi connectivity index (χ3v) is 7.38. The lowest BCUT2D eigenvalue weighted by Gasteiger charge is -2.08. The van der Waals surface area contributed by atoms with E-state index in [4.69, 9.17) is 0 Å². The highest BCUT2D eigenvalue weighted by atomic mass is 15.1. The van der Waals surface area contributed by atoms with Gasteiger partial charge < -0.3 is 14.7 Å². The predicted octanol–water partition coefficient (Wildman–Crippen LogP) is 11.1. The van der Waals surface area contributed by atoms with E-state index in [1.54, 1.807) is 0 Å². The minimum absolute atomic E-state index is 1.26. The van der Waals surface area contributed by atoms with Crippen molar-refractivity contribution < 1.29 is 0 Å². The minimum Gasteiger partial charge on any atom is -0.309 e. The molecule has 39 heavy (non-hydrogen) atoms. The van der Waals surface area contributed by atoms with E-state index in [9.17, 15) is 0 Å². The van der Waals surface area contributed by atoms with Crippen LogP contribution in [0.15, 0.2) is 0 Å². The maximum Gasteiger partial charge on any atom is -0.00248 e. The highest BCUT2D eigenvalue weighted by molar-refractivity contribution is 4.50. The average Bonchev–Trinajstić information content (AvgIpc) is 2.89. The van der Waals surface area contributed by atoms with Crippen molar-refractivity contribution in [2.45, 2.75) is 175 Å². The van der Waals surface area contributed by atoms with E-state index in [1.165, 1.54) is 174 Å². The maximum absolute atomic E-state index is 2.28. The molecule has 0 aromatic heterocycles. The average molecular weight is 556 g/mol.